The zero-order valence-electron chi connectivity index (χ0n) is 29.5. The van der Waals surface area contributed by atoms with Gasteiger partial charge in [0.2, 0.25) is 5.95 Å². The molecule has 3 aromatic heterocycles. The van der Waals surface area contributed by atoms with Crippen molar-refractivity contribution in [2.45, 2.75) is 64.6 Å². The van der Waals surface area contributed by atoms with Crippen molar-refractivity contribution in [2.24, 2.45) is 14.1 Å². The largest absolute Gasteiger partial charge is 0.491 e. The minimum atomic E-state index is -1.99. The van der Waals surface area contributed by atoms with Crippen LogP contribution in [0, 0.1) is 11.5 Å². The molecule has 4 heterocycles. The van der Waals surface area contributed by atoms with E-state index in [9.17, 15) is 4.79 Å². The number of hydrogen-bond acceptors (Lipinski definition) is 8. The minimum Gasteiger partial charge on any atom is -0.491 e. The molecule has 0 aliphatic carbocycles. The predicted molar refractivity (Wildman–Crippen MR) is 195 cm³/mol. The third-order valence-electron chi connectivity index (χ3n) is 9.85. The van der Waals surface area contributed by atoms with E-state index in [-0.39, 0.29) is 5.56 Å². The highest BCUT2D eigenvalue weighted by Gasteiger charge is 2.41. The first kappa shape index (κ1) is 34.2. The Morgan fingerprint density at radius 1 is 0.957 bits per heavy atom. The van der Waals surface area contributed by atoms with Gasteiger partial charge in [-0.25, -0.2) is 4.98 Å². The Labute approximate surface area is 280 Å². The van der Waals surface area contributed by atoms with Gasteiger partial charge in [0.15, 0.2) is 0 Å². The Balaban J connectivity index is 1.46. The first-order chi connectivity index (χ1) is 22.4. The summed E-state index contributed by atoms with van der Waals surface area (Å²) >= 11 is 0. The second kappa shape index (κ2) is 14.3. The number of ether oxygens (including phenoxy) is 1. The molecule has 47 heavy (non-hydrogen) atoms. The van der Waals surface area contributed by atoms with Crippen molar-refractivity contribution in [1.29, 1.82) is 0 Å². The molecule has 0 atom stereocenters. The lowest BCUT2D eigenvalue weighted by atomic mass is 10.2. The van der Waals surface area contributed by atoms with Crippen molar-refractivity contribution >= 4 is 36.4 Å². The van der Waals surface area contributed by atoms with Crippen molar-refractivity contribution in [2.75, 3.05) is 50.1 Å². The standard InChI is InChI=1S/C36H50N8O2Si/c1-25(2)47(26(3)4,27(5)6)21-14-28-22-34(45)42(8)35-31(28)24-37-36(40-35)39-29-10-11-32(44-18-16-41(7)17-19-44)33(23-29)46-20-13-30-12-15-38-43(30)9/h10-12,15,22-27H,13,16-20H2,1-9H3,(H,37,39,40). The van der Waals surface area contributed by atoms with Crippen LogP contribution in [0.25, 0.3) is 11.0 Å². The Kier molecular flexibility index (Phi) is 10.4. The monoisotopic (exact) mass is 654 g/mol. The third kappa shape index (κ3) is 7.24. The molecule has 1 saturated heterocycles. The predicted octanol–water partition coefficient (Wildman–Crippen LogP) is 5.75. The number of fused-ring (bicyclic) bond motifs is 1. The summed E-state index contributed by atoms with van der Waals surface area (Å²) in [5, 5.41) is 8.42. The van der Waals surface area contributed by atoms with Crippen LogP contribution in [0.15, 0.2) is 47.5 Å². The molecule has 11 heteroatoms. The lowest BCUT2D eigenvalue weighted by Crippen LogP contribution is -2.44. The van der Waals surface area contributed by atoms with Gasteiger partial charge in [-0.1, -0.05) is 47.5 Å². The molecule has 0 saturated carbocycles. The number of hydrogen-bond donors (Lipinski definition) is 1. The van der Waals surface area contributed by atoms with E-state index in [2.05, 4.69) is 91.3 Å². The second-order valence-electron chi connectivity index (χ2n) is 13.7. The summed E-state index contributed by atoms with van der Waals surface area (Å²) < 4.78 is 9.86. The molecule has 0 amide bonds. The molecule has 0 radical (unpaired) electrons. The molecule has 1 aliphatic heterocycles. The number of pyridine rings is 1. The fourth-order valence-corrected chi connectivity index (χ4v) is 12.3. The van der Waals surface area contributed by atoms with Gasteiger partial charge >= 0.3 is 0 Å². The van der Waals surface area contributed by atoms with Gasteiger partial charge in [-0.2, -0.15) is 10.1 Å². The van der Waals surface area contributed by atoms with Gasteiger partial charge < -0.3 is 19.9 Å². The molecular weight excluding hydrogens is 605 g/mol. The van der Waals surface area contributed by atoms with Crippen molar-refractivity contribution in [1.82, 2.24) is 29.2 Å². The van der Waals surface area contributed by atoms with Crippen LogP contribution in [-0.4, -0.2) is 77.1 Å². The number of anilines is 3. The highest BCUT2D eigenvalue weighted by molar-refractivity contribution is 6.90. The number of rotatable bonds is 10. The van der Waals surface area contributed by atoms with Gasteiger partial charge in [0, 0.05) is 88.2 Å². The topological polar surface area (TPSA) is 93.3 Å². The van der Waals surface area contributed by atoms with E-state index in [4.69, 9.17) is 9.72 Å². The second-order valence-corrected chi connectivity index (χ2v) is 19.3. The van der Waals surface area contributed by atoms with E-state index < -0.39 is 8.07 Å². The summed E-state index contributed by atoms with van der Waals surface area (Å²) in [5.41, 5.74) is 9.32. The highest BCUT2D eigenvalue weighted by atomic mass is 28.3. The van der Waals surface area contributed by atoms with Crippen molar-refractivity contribution in [3.63, 3.8) is 0 Å². The maximum atomic E-state index is 13.1. The van der Waals surface area contributed by atoms with Crippen LogP contribution in [0.2, 0.25) is 16.6 Å². The summed E-state index contributed by atoms with van der Waals surface area (Å²) in [4.78, 5) is 27.3. The van der Waals surface area contributed by atoms with Gasteiger partial charge in [-0.3, -0.25) is 14.0 Å². The van der Waals surface area contributed by atoms with Crippen molar-refractivity contribution < 1.29 is 4.74 Å². The number of likely N-dealkylation sites (N-methyl/N-ethyl adjacent to an activating group) is 1. The van der Waals surface area contributed by atoms with Crippen LogP contribution >= 0.6 is 0 Å². The van der Waals surface area contributed by atoms with E-state index in [1.54, 1.807) is 23.9 Å². The molecule has 5 rings (SSSR count). The summed E-state index contributed by atoms with van der Waals surface area (Å²) in [6.07, 6.45) is 4.34. The zero-order valence-corrected chi connectivity index (χ0v) is 30.5. The molecular formula is C36H50N8O2Si. The van der Waals surface area contributed by atoms with Crippen molar-refractivity contribution in [3.8, 4) is 17.2 Å². The molecule has 1 aliphatic rings. The number of aryl methyl sites for hydroxylation is 2. The minimum absolute atomic E-state index is 0.141. The average Bonchev–Trinajstić information content (AvgIpc) is 3.44. The molecule has 1 N–H and O–H groups in total. The maximum Gasteiger partial charge on any atom is 0.253 e. The van der Waals surface area contributed by atoms with E-state index in [0.29, 0.717) is 40.4 Å². The van der Waals surface area contributed by atoms with Crippen LogP contribution in [0.1, 0.15) is 52.8 Å². The van der Waals surface area contributed by atoms with Crippen LogP contribution < -0.4 is 20.5 Å². The lowest BCUT2D eigenvalue weighted by Gasteiger charge is -2.38. The Hall–Kier alpha value is -4.14. The van der Waals surface area contributed by atoms with E-state index >= 15 is 0 Å². The third-order valence-corrected chi connectivity index (χ3v) is 16.1. The Morgan fingerprint density at radius 2 is 1.66 bits per heavy atom. The average molecular weight is 655 g/mol. The highest BCUT2D eigenvalue weighted by Crippen LogP contribution is 2.41. The van der Waals surface area contributed by atoms with Gasteiger partial charge in [0.05, 0.1) is 17.7 Å². The fraction of sp³-hybridized carbons (Fsp3) is 0.500. The number of nitrogens with one attached hydrogen (secondary N) is 1. The van der Waals surface area contributed by atoms with Gasteiger partial charge in [0.1, 0.15) is 19.5 Å². The number of benzene rings is 1. The molecule has 250 valence electrons. The van der Waals surface area contributed by atoms with Gasteiger partial charge in [0.25, 0.3) is 5.56 Å². The zero-order chi connectivity index (χ0) is 33.9. The van der Waals surface area contributed by atoms with Crippen LogP contribution in [0.5, 0.6) is 5.75 Å². The number of aromatic nitrogens is 5. The normalized spacial score (nSPS) is 14.3. The quantitative estimate of drug-likeness (QED) is 0.171. The van der Waals surface area contributed by atoms with E-state index in [1.165, 1.54) is 0 Å². The van der Waals surface area contributed by atoms with Gasteiger partial charge in [-0.15, -0.1) is 5.54 Å². The van der Waals surface area contributed by atoms with Crippen LogP contribution in [0.4, 0.5) is 17.3 Å². The summed E-state index contributed by atoms with van der Waals surface area (Å²) in [5.74, 6) is 4.67. The SMILES string of the molecule is CC(C)[Si](C#Cc1cc(=O)n(C)c2nc(Nc3ccc(N4CCN(C)CC4)c(OCCc4ccnn4C)c3)ncc12)(C(C)C)C(C)C. The van der Waals surface area contributed by atoms with Crippen LogP contribution in [0.3, 0.4) is 0 Å². The van der Waals surface area contributed by atoms with Crippen molar-refractivity contribution in [3.05, 3.63) is 64.3 Å². The smallest absolute Gasteiger partial charge is 0.253 e. The molecule has 0 bridgehead atoms. The van der Waals surface area contributed by atoms with E-state index in [0.717, 1.165) is 60.8 Å². The Bertz CT molecular complexity index is 1800. The summed E-state index contributed by atoms with van der Waals surface area (Å²) in [7, 11) is 3.85. The maximum absolute atomic E-state index is 13.1. The molecule has 0 unspecified atom stereocenters. The number of piperazine rings is 1. The molecule has 1 fully saturated rings. The van der Waals surface area contributed by atoms with E-state index in [1.807, 2.05) is 36.1 Å². The molecule has 1 aromatic carbocycles. The first-order valence-corrected chi connectivity index (χ1v) is 19.0. The summed E-state index contributed by atoms with van der Waals surface area (Å²) in [6, 6.07) is 9.79. The molecule has 10 nitrogen and oxygen atoms in total. The first-order valence-electron chi connectivity index (χ1n) is 16.7. The van der Waals surface area contributed by atoms with Crippen LogP contribution in [-0.2, 0) is 20.5 Å². The Morgan fingerprint density at radius 3 is 2.30 bits per heavy atom. The molecule has 4 aromatic rings. The lowest BCUT2D eigenvalue weighted by molar-refractivity contribution is 0.302. The fourth-order valence-electron chi connectivity index (χ4n) is 7.05. The van der Waals surface area contributed by atoms with Gasteiger partial charge in [-0.05, 0) is 41.9 Å². The molecule has 0 spiro atoms. The number of nitrogens with zero attached hydrogens (tertiary/aromatic N) is 7. The summed E-state index contributed by atoms with van der Waals surface area (Å²) in [6.45, 7) is 18.1.